The number of benzene rings is 6. The van der Waals surface area contributed by atoms with E-state index in [1.54, 1.807) is 56.0 Å². The second kappa shape index (κ2) is 35.4. The molecular formula is C77H94F4N4O8. The first-order chi connectivity index (χ1) is 44.6. The maximum atomic E-state index is 14.2. The molecule has 2 aliphatic rings. The molecule has 0 spiro atoms. The minimum atomic E-state index is -1.23. The first-order valence-electron chi connectivity index (χ1n) is 33.4. The fourth-order valence-electron chi connectivity index (χ4n) is 13.2. The van der Waals surface area contributed by atoms with E-state index in [0.717, 1.165) is 91.3 Å². The van der Waals surface area contributed by atoms with E-state index in [1.165, 1.54) is 24.3 Å². The van der Waals surface area contributed by atoms with E-state index in [0.29, 0.717) is 98.6 Å². The summed E-state index contributed by atoms with van der Waals surface area (Å²) < 4.78 is 56.9. The van der Waals surface area contributed by atoms with E-state index >= 15 is 0 Å². The van der Waals surface area contributed by atoms with Gasteiger partial charge in [-0.15, -0.1) is 0 Å². The molecule has 2 aliphatic heterocycles. The molecule has 0 bridgehead atoms. The van der Waals surface area contributed by atoms with Crippen molar-refractivity contribution in [3.8, 4) is 0 Å². The fraction of sp³-hybridized carbons (Fsp3) is 0.455. The molecule has 0 radical (unpaired) electrons. The smallest absolute Gasteiger partial charge is 0.253 e. The van der Waals surface area contributed by atoms with Gasteiger partial charge in [0.2, 0.25) is 11.8 Å². The summed E-state index contributed by atoms with van der Waals surface area (Å²) in [5.74, 6) is -7.41. The molecule has 2 saturated heterocycles. The van der Waals surface area contributed by atoms with Gasteiger partial charge in [0, 0.05) is 99.6 Å². The van der Waals surface area contributed by atoms with Crippen LogP contribution in [0.2, 0.25) is 0 Å². The van der Waals surface area contributed by atoms with Crippen molar-refractivity contribution in [1.29, 1.82) is 0 Å². The summed E-state index contributed by atoms with van der Waals surface area (Å²) in [7, 11) is 0. The number of nitrogens with zero attached hydrogens (tertiary/aromatic N) is 4. The van der Waals surface area contributed by atoms with E-state index in [2.05, 4.69) is 0 Å². The average Bonchev–Trinajstić information content (AvgIpc) is 1.69. The molecular weight excluding hydrogens is 1180 g/mol. The Bertz CT molecular complexity index is 3440. The van der Waals surface area contributed by atoms with Crippen LogP contribution in [0, 0.1) is 67.7 Å². The van der Waals surface area contributed by atoms with Crippen molar-refractivity contribution in [1.82, 2.24) is 19.6 Å². The summed E-state index contributed by atoms with van der Waals surface area (Å²) in [5, 5.41) is 23.7. The Labute approximate surface area is 547 Å². The maximum Gasteiger partial charge on any atom is 0.253 e. The van der Waals surface area contributed by atoms with Crippen LogP contribution in [-0.2, 0) is 35.5 Å². The van der Waals surface area contributed by atoms with Gasteiger partial charge in [-0.25, -0.2) is 17.6 Å². The summed E-state index contributed by atoms with van der Waals surface area (Å²) in [6.45, 7) is 18.1. The predicted molar refractivity (Wildman–Crippen MR) is 355 cm³/mol. The number of carbonyl (C=O) groups excluding carboxylic acids is 6. The lowest BCUT2D eigenvalue weighted by Crippen LogP contribution is -2.43. The van der Waals surface area contributed by atoms with Crippen molar-refractivity contribution < 1.29 is 56.5 Å². The average molecular weight is 1280 g/mol. The van der Waals surface area contributed by atoms with Crippen molar-refractivity contribution in [3.63, 3.8) is 0 Å². The Balaban J connectivity index is 0.000000264. The van der Waals surface area contributed by atoms with Crippen molar-refractivity contribution in [2.45, 2.75) is 164 Å². The summed E-state index contributed by atoms with van der Waals surface area (Å²) in [6.07, 6.45) is 4.38. The topological polar surface area (TPSA) is 156 Å². The number of aliphatic hydroxyl groups excluding tert-OH is 2. The van der Waals surface area contributed by atoms with Gasteiger partial charge in [-0.2, -0.15) is 0 Å². The van der Waals surface area contributed by atoms with Gasteiger partial charge in [0.25, 0.3) is 11.8 Å². The third-order valence-corrected chi connectivity index (χ3v) is 17.7. The summed E-state index contributed by atoms with van der Waals surface area (Å²) in [5.41, 5.74) is 6.69. The zero-order chi connectivity index (χ0) is 67.3. The number of likely N-dealkylation sites (tertiary alicyclic amines) is 2. The molecule has 8 rings (SSSR count). The van der Waals surface area contributed by atoms with Crippen LogP contribution in [0.4, 0.5) is 17.6 Å². The Hall–Kier alpha value is -7.82. The van der Waals surface area contributed by atoms with Gasteiger partial charge in [-0.1, -0.05) is 101 Å². The van der Waals surface area contributed by atoms with Gasteiger partial charge in [0.05, 0.1) is 24.0 Å². The van der Waals surface area contributed by atoms with E-state index in [4.69, 9.17) is 0 Å². The van der Waals surface area contributed by atoms with Gasteiger partial charge >= 0.3 is 0 Å². The molecule has 6 atom stereocenters. The predicted octanol–water partition coefficient (Wildman–Crippen LogP) is 14.6. The highest BCUT2D eigenvalue weighted by molar-refractivity contribution is 6.02. The Morgan fingerprint density at radius 1 is 0.452 bits per heavy atom. The largest absolute Gasteiger partial charge is 0.392 e. The lowest BCUT2D eigenvalue weighted by Gasteiger charge is -2.31. The van der Waals surface area contributed by atoms with Crippen LogP contribution in [0.3, 0.4) is 0 Å². The third kappa shape index (κ3) is 21.1. The number of aliphatic hydroxyl groups is 2. The maximum absolute atomic E-state index is 14.2. The summed E-state index contributed by atoms with van der Waals surface area (Å²) in [6, 6.07) is 34.1. The summed E-state index contributed by atoms with van der Waals surface area (Å²) in [4.78, 5) is 89.5. The molecule has 93 heavy (non-hydrogen) atoms. The highest BCUT2D eigenvalue weighted by Crippen LogP contribution is 2.34. The number of rotatable bonds is 28. The van der Waals surface area contributed by atoms with Crippen LogP contribution in [0.15, 0.2) is 127 Å². The number of halogens is 4. The lowest BCUT2D eigenvalue weighted by molar-refractivity contribution is -0.141. The zero-order valence-corrected chi connectivity index (χ0v) is 55.3. The molecule has 2 heterocycles. The van der Waals surface area contributed by atoms with Crippen molar-refractivity contribution in [2.75, 3.05) is 39.3 Å². The van der Waals surface area contributed by atoms with Gasteiger partial charge in [0.15, 0.2) is 11.6 Å². The molecule has 0 saturated carbocycles. The Morgan fingerprint density at radius 2 is 0.806 bits per heavy atom. The van der Waals surface area contributed by atoms with Crippen LogP contribution >= 0.6 is 0 Å². The first kappa shape index (κ1) is 72.6. The molecule has 2 N–H and O–H groups in total. The molecule has 0 aliphatic carbocycles. The van der Waals surface area contributed by atoms with E-state index in [1.807, 2.05) is 103 Å². The zero-order valence-electron chi connectivity index (χ0n) is 55.3. The molecule has 12 nitrogen and oxygen atoms in total. The van der Waals surface area contributed by atoms with Crippen LogP contribution in [0.1, 0.15) is 185 Å². The molecule has 4 amide bonds. The summed E-state index contributed by atoms with van der Waals surface area (Å²) >= 11 is 0. The lowest BCUT2D eigenvalue weighted by atomic mass is 9.80. The number of hydrogen-bond acceptors (Lipinski definition) is 8. The van der Waals surface area contributed by atoms with Gasteiger partial charge in [-0.05, 0) is 191 Å². The standard InChI is InChI=1S/C39H48F2N2O4.C38H46F2N2O4/c1-5-14-42(15-6-2)38(46)32-18-27(4)17-30(22-32)36(44)23-31(19-29-20-33(40)24-34(41)21-29)37(45)35-9-7-8-16-43(39(35)47)25-28-12-10-26(3)11-13-28;1-4-14-41(15-5-2)37(45)31-18-26(3)17-29(22-31)35(43)23-30(19-28-20-32(39)24-33(40)21-28)36(44)34-13-9-10-16-42(38(34)46)25-27-11-7-6-8-12-27/h10-13,17-18,20-22,24,31,35,37,45H,5-9,14-16,19,23,25H2,1-4H3;6-8,11-12,17-18,20-22,24,30,34,36,44H,4-5,9-10,13-16,19,23,25H2,1-3H3/t31-,35+,37+;30-,34+,36+/m11/s1. The number of Topliss-reactive ketones (excluding diaryl/α,β-unsaturated/α-hetero) is 2. The first-order valence-corrected chi connectivity index (χ1v) is 33.4. The van der Waals surface area contributed by atoms with Gasteiger partial charge in [0.1, 0.15) is 23.3 Å². The van der Waals surface area contributed by atoms with E-state index in [-0.39, 0.29) is 60.9 Å². The number of amides is 4. The van der Waals surface area contributed by atoms with E-state index < -0.39 is 59.1 Å². The molecule has 6 aromatic rings. The van der Waals surface area contributed by atoms with Crippen molar-refractivity contribution >= 4 is 35.2 Å². The normalized spacial score (nSPS) is 16.5. The van der Waals surface area contributed by atoms with Crippen LogP contribution in [-0.4, -0.2) is 116 Å². The Kier molecular flexibility index (Phi) is 27.7. The number of aryl methyl sites for hydroxylation is 3. The fourth-order valence-corrected chi connectivity index (χ4v) is 13.2. The van der Waals surface area contributed by atoms with Crippen LogP contribution in [0.5, 0.6) is 0 Å². The van der Waals surface area contributed by atoms with E-state index in [9.17, 15) is 56.5 Å². The monoisotopic (exact) mass is 1280 g/mol. The highest BCUT2D eigenvalue weighted by atomic mass is 19.1. The second-order valence-electron chi connectivity index (χ2n) is 25.7. The minimum Gasteiger partial charge on any atom is -0.392 e. The number of hydrogen-bond donors (Lipinski definition) is 2. The molecule has 498 valence electrons. The van der Waals surface area contributed by atoms with Crippen LogP contribution in [0.25, 0.3) is 0 Å². The van der Waals surface area contributed by atoms with Gasteiger partial charge in [-0.3, -0.25) is 28.8 Å². The molecule has 16 heteroatoms. The molecule has 0 aromatic heterocycles. The molecule has 6 aromatic carbocycles. The van der Waals surface area contributed by atoms with Crippen LogP contribution < -0.4 is 0 Å². The minimum absolute atomic E-state index is 0.00170. The SMILES string of the molecule is CCCN(CCC)C(=O)c1cc(C)cc(C(=O)C[C@@H](Cc2cc(F)cc(F)c2)[C@H](O)[C@@H]2CCCCN(Cc3ccc(C)cc3)C2=O)c1.CCCN(CCC)C(=O)c1cc(C)cc(C(=O)C[C@@H](Cc2cc(F)cc(F)c2)[C@H](O)[C@@H]2CCCCN(Cc3ccccc3)C2=O)c1. The number of carbonyl (C=O) groups is 6. The van der Waals surface area contributed by atoms with Crippen molar-refractivity contribution in [3.05, 3.63) is 212 Å². The van der Waals surface area contributed by atoms with Crippen molar-refractivity contribution in [2.24, 2.45) is 23.7 Å². The highest BCUT2D eigenvalue weighted by Gasteiger charge is 2.40. The number of ketones is 2. The molecule has 2 fully saturated rings. The molecule has 0 unspecified atom stereocenters. The van der Waals surface area contributed by atoms with Gasteiger partial charge < -0.3 is 29.8 Å². The second-order valence-corrected chi connectivity index (χ2v) is 25.7. The Morgan fingerprint density at radius 3 is 1.17 bits per heavy atom. The third-order valence-electron chi connectivity index (χ3n) is 17.7. The quantitative estimate of drug-likeness (QED) is 0.0363.